The quantitative estimate of drug-likeness (QED) is 0.406. The molecule has 18 heavy (non-hydrogen) atoms. The van der Waals surface area contributed by atoms with Crippen molar-refractivity contribution in [2.45, 2.75) is 20.3 Å². The van der Waals surface area contributed by atoms with Gasteiger partial charge in [0, 0.05) is 18.7 Å². The molecule has 0 spiro atoms. The molecule has 0 saturated heterocycles. The minimum atomic E-state index is -0.432. The highest BCUT2D eigenvalue weighted by molar-refractivity contribution is 5.35. The molecule has 5 nitrogen and oxygen atoms in total. The molecule has 1 aromatic carbocycles. The van der Waals surface area contributed by atoms with Gasteiger partial charge in [0.25, 0.3) is 5.69 Å². The summed E-state index contributed by atoms with van der Waals surface area (Å²) in [5, 5.41) is 10.4. The summed E-state index contributed by atoms with van der Waals surface area (Å²) < 4.78 is 10.8. The number of hydrogen-bond acceptors (Lipinski definition) is 4. The molecule has 0 aliphatic rings. The van der Waals surface area contributed by atoms with Gasteiger partial charge < -0.3 is 9.47 Å². The first-order valence-electron chi connectivity index (χ1n) is 6.08. The summed E-state index contributed by atoms with van der Waals surface area (Å²) >= 11 is 0. The predicted octanol–water partition coefficient (Wildman–Crippen LogP) is 3.04. The van der Waals surface area contributed by atoms with E-state index in [0.29, 0.717) is 24.9 Å². The maximum Gasteiger partial charge on any atom is 0.269 e. The zero-order chi connectivity index (χ0) is 13.4. The van der Waals surface area contributed by atoms with Crippen LogP contribution in [0.1, 0.15) is 20.3 Å². The van der Waals surface area contributed by atoms with E-state index in [1.807, 2.05) is 0 Å². The van der Waals surface area contributed by atoms with Crippen molar-refractivity contribution in [2.75, 3.05) is 19.8 Å². The third-order valence-electron chi connectivity index (χ3n) is 2.64. The molecular formula is C13H19NO4. The topological polar surface area (TPSA) is 61.6 Å². The van der Waals surface area contributed by atoms with Crippen molar-refractivity contribution < 1.29 is 14.4 Å². The van der Waals surface area contributed by atoms with Crippen LogP contribution < -0.4 is 4.74 Å². The van der Waals surface area contributed by atoms with Crippen molar-refractivity contribution in [1.29, 1.82) is 0 Å². The summed E-state index contributed by atoms with van der Waals surface area (Å²) in [6.07, 6.45) is 1.10. The van der Waals surface area contributed by atoms with Crippen LogP contribution in [0.3, 0.4) is 0 Å². The molecule has 0 amide bonds. The Labute approximate surface area is 107 Å². The van der Waals surface area contributed by atoms with Gasteiger partial charge >= 0.3 is 0 Å². The van der Waals surface area contributed by atoms with Gasteiger partial charge in [-0.1, -0.05) is 20.3 Å². The summed E-state index contributed by atoms with van der Waals surface area (Å²) in [7, 11) is 0. The number of nitro groups is 1. The van der Waals surface area contributed by atoms with Crippen LogP contribution in [0, 0.1) is 16.0 Å². The molecule has 5 heteroatoms. The second-order valence-electron chi connectivity index (χ2n) is 4.19. The number of nitro benzene ring substituents is 1. The predicted molar refractivity (Wildman–Crippen MR) is 68.9 cm³/mol. The molecular weight excluding hydrogens is 234 g/mol. The standard InChI is InChI=1S/C13H19NO4/c1-3-11(2)10-17-8-9-18-13-6-4-12(5-7-13)14(15)16/h4-7,11H,3,8-10H2,1-2H3. The molecule has 0 N–H and O–H groups in total. The SMILES string of the molecule is CCC(C)COCCOc1ccc([N+](=O)[O-])cc1. The zero-order valence-corrected chi connectivity index (χ0v) is 10.8. The highest BCUT2D eigenvalue weighted by Gasteiger charge is 2.04. The van der Waals surface area contributed by atoms with Gasteiger partial charge in [0.1, 0.15) is 12.4 Å². The van der Waals surface area contributed by atoms with Crippen molar-refractivity contribution in [2.24, 2.45) is 5.92 Å². The van der Waals surface area contributed by atoms with E-state index >= 15 is 0 Å². The maximum absolute atomic E-state index is 10.4. The van der Waals surface area contributed by atoms with Gasteiger partial charge in [-0.05, 0) is 18.1 Å². The van der Waals surface area contributed by atoms with E-state index in [-0.39, 0.29) is 5.69 Å². The van der Waals surface area contributed by atoms with Crippen LogP contribution in [0.25, 0.3) is 0 Å². The Balaban J connectivity index is 2.21. The first-order chi connectivity index (χ1) is 8.63. The first-order valence-corrected chi connectivity index (χ1v) is 6.08. The van der Waals surface area contributed by atoms with E-state index < -0.39 is 4.92 Å². The molecule has 0 bridgehead atoms. The minimum absolute atomic E-state index is 0.0652. The normalized spacial score (nSPS) is 12.1. The van der Waals surface area contributed by atoms with Crippen molar-refractivity contribution in [3.05, 3.63) is 34.4 Å². The Morgan fingerprint density at radius 3 is 2.50 bits per heavy atom. The van der Waals surface area contributed by atoms with E-state index in [0.717, 1.165) is 13.0 Å². The Morgan fingerprint density at radius 1 is 1.28 bits per heavy atom. The van der Waals surface area contributed by atoms with Gasteiger partial charge in [-0.3, -0.25) is 10.1 Å². The highest BCUT2D eigenvalue weighted by atomic mass is 16.6. The summed E-state index contributed by atoms with van der Waals surface area (Å²) in [6, 6.07) is 6.03. The number of rotatable bonds is 8. The van der Waals surface area contributed by atoms with E-state index in [4.69, 9.17) is 9.47 Å². The van der Waals surface area contributed by atoms with Crippen LogP contribution in [0.5, 0.6) is 5.75 Å². The number of ether oxygens (including phenoxy) is 2. The van der Waals surface area contributed by atoms with Gasteiger partial charge in [-0.25, -0.2) is 0 Å². The third kappa shape index (κ3) is 5.14. The van der Waals surface area contributed by atoms with Crippen molar-refractivity contribution in [3.63, 3.8) is 0 Å². The lowest BCUT2D eigenvalue weighted by molar-refractivity contribution is -0.384. The van der Waals surface area contributed by atoms with Crippen LogP contribution in [0.15, 0.2) is 24.3 Å². The molecule has 0 heterocycles. The molecule has 100 valence electrons. The van der Waals surface area contributed by atoms with Crippen LogP contribution in [-0.4, -0.2) is 24.7 Å². The Hall–Kier alpha value is -1.62. The zero-order valence-electron chi connectivity index (χ0n) is 10.8. The van der Waals surface area contributed by atoms with E-state index in [1.165, 1.54) is 12.1 Å². The van der Waals surface area contributed by atoms with Gasteiger partial charge in [0.05, 0.1) is 11.5 Å². The molecule has 0 radical (unpaired) electrons. The molecule has 1 unspecified atom stereocenters. The number of benzene rings is 1. The van der Waals surface area contributed by atoms with Gasteiger partial charge in [-0.2, -0.15) is 0 Å². The van der Waals surface area contributed by atoms with Gasteiger partial charge in [-0.15, -0.1) is 0 Å². The van der Waals surface area contributed by atoms with E-state index in [9.17, 15) is 10.1 Å². The Kier molecular flexibility index (Phi) is 6.14. The van der Waals surface area contributed by atoms with E-state index in [1.54, 1.807) is 12.1 Å². The summed E-state index contributed by atoms with van der Waals surface area (Å²) in [6.45, 7) is 5.98. The summed E-state index contributed by atoms with van der Waals surface area (Å²) in [5.74, 6) is 1.18. The van der Waals surface area contributed by atoms with Crippen molar-refractivity contribution in [3.8, 4) is 5.75 Å². The van der Waals surface area contributed by atoms with Gasteiger partial charge in [0.15, 0.2) is 0 Å². The molecule has 0 aromatic heterocycles. The average Bonchev–Trinajstić information content (AvgIpc) is 2.38. The molecule has 0 saturated carbocycles. The molecule has 0 fully saturated rings. The monoisotopic (exact) mass is 253 g/mol. The van der Waals surface area contributed by atoms with Crippen LogP contribution in [0.4, 0.5) is 5.69 Å². The fraction of sp³-hybridized carbons (Fsp3) is 0.538. The fourth-order valence-electron chi connectivity index (χ4n) is 1.28. The molecule has 1 aromatic rings. The molecule has 1 atom stereocenters. The fourth-order valence-corrected chi connectivity index (χ4v) is 1.28. The maximum atomic E-state index is 10.4. The Bertz CT molecular complexity index is 364. The summed E-state index contributed by atoms with van der Waals surface area (Å²) in [4.78, 5) is 10.0. The molecule has 1 rings (SSSR count). The number of nitrogens with zero attached hydrogens (tertiary/aromatic N) is 1. The lowest BCUT2D eigenvalue weighted by atomic mass is 10.1. The van der Waals surface area contributed by atoms with Crippen LogP contribution in [0.2, 0.25) is 0 Å². The smallest absolute Gasteiger partial charge is 0.269 e. The lowest BCUT2D eigenvalue weighted by Crippen LogP contribution is -2.11. The number of hydrogen-bond donors (Lipinski definition) is 0. The minimum Gasteiger partial charge on any atom is -0.491 e. The first kappa shape index (κ1) is 14.4. The number of non-ortho nitro benzene ring substituents is 1. The molecule has 0 aliphatic carbocycles. The van der Waals surface area contributed by atoms with Crippen LogP contribution in [-0.2, 0) is 4.74 Å². The van der Waals surface area contributed by atoms with Crippen LogP contribution >= 0.6 is 0 Å². The average molecular weight is 253 g/mol. The van der Waals surface area contributed by atoms with Crippen molar-refractivity contribution >= 4 is 5.69 Å². The summed E-state index contributed by atoms with van der Waals surface area (Å²) in [5.41, 5.74) is 0.0652. The third-order valence-corrected chi connectivity index (χ3v) is 2.64. The van der Waals surface area contributed by atoms with Gasteiger partial charge in [0.2, 0.25) is 0 Å². The largest absolute Gasteiger partial charge is 0.491 e. The van der Waals surface area contributed by atoms with E-state index in [2.05, 4.69) is 13.8 Å². The molecule has 0 aliphatic heterocycles. The Morgan fingerprint density at radius 2 is 1.94 bits per heavy atom. The lowest BCUT2D eigenvalue weighted by Gasteiger charge is -2.10. The second-order valence-corrected chi connectivity index (χ2v) is 4.19. The second kappa shape index (κ2) is 7.66. The van der Waals surface area contributed by atoms with Crippen molar-refractivity contribution in [1.82, 2.24) is 0 Å². The highest BCUT2D eigenvalue weighted by Crippen LogP contribution is 2.17.